The Morgan fingerprint density at radius 1 is 0.893 bits per heavy atom. The lowest BCUT2D eigenvalue weighted by atomic mass is 9.73. The predicted molar refractivity (Wildman–Crippen MR) is 241 cm³/mol. The van der Waals surface area contributed by atoms with Crippen LogP contribution in [-0.2, 0) is 18.3 Å². The van der Waals surface area contributed by atoms with Gasteiger partial charge in [0.05, 0.1) is 17.6 Å². The smallest absolute Gasteiger partial charge is 0.0530 e. The minimum Gasteiger partial charge on any atom is -0.358 e. The molecule has 0 saturated carbocycles. The molecule has 0 bridgehead atoms. The van der Waals surface area contributed by atoms with E-state index in [0.717, 1.165) is 38.5 Å². The number of rotatable bonds is 8. The van der Waals surface area contributed by atoms with Crippen LogP contribution in [0.15, 0.2) is 151 Å². The second kappa shape index (κ2) is 14.8. The van der Waals surface area contributed by atoms with Crippen LogP contribution >= 0.6 is 0 Å². The van der Waals surface area contributed by atoms with E-state index in [4.69, 9.17) is 0 Å². The number of para-hydroxylation sites is 1. The summed E-state index contributed by atoms with van der Waals surface area (Å²) in [7, 11) is 0. The van der Waals surface area contributed by atoms with Crippen molar-refractivity contribution in [3.63, 3.8) is 0 Å². The topological polar surface area (TPSA) is 8.17 Å². The minimum atomic E-state index is -0.0111. The van der Waals surface area contributed by atoms with E-state index in [9.17, 15) is 0 Å². The molecule has 0 aliphatic heterocycles. The SMILES string of the molecule is CC/C=C\C=C(/C)n1c2c(c3ccccc31)CC(C1=CCC(N(c3ccc(C4=CC=CCC4C)cc3)C3C=C4C(=CC3)c3ccccc3C4(C)C)C=C1)C(C)C2. The summed E-state index contributed by atoms with van der Waals surface area (Å²) in [5, 5.41) is 1.42. The number of hydrogen-bond donors (Lipinski definition) is 0. The van der Waals surface area contributed by atoms with Crippen LogP contribution in [0.3, 0.4) is 0 Å². The molecule has 5 aliphatic carbocycles. The number of nitrogens with zero attached hydrogens (tertiary/aromatic N) is 2. The number of anilines is 1. The largest absolute Gasteiger partial charge is 0.358 e. The summed E-state index contributed by atoms with van der Waals surface area (Å²) in [6.07, 6.45) is 32.8. The van der Waals surface area contributed by atoms with Crippen LogP contribution < -0.4 is 4.90 Å². The Morgan fingerprint density at radius 2 is 1.68 bits per heavy atom. The molecule has 4 aromatic rings. The summed E-state index contributed by atoms with van der Waals surface area (Å²) in [5.41, 5.74) is 17.1. The Hall–Kier alpha value is -5.08. The first kappa shape index (κ1) is 36.6. The summed E-state index contributed by atoms with van der Waals surface area (Å²) in [4.78, 5) is 2.74. The molecule has 0 saturated heterocycles. The monoisotopic (exact) mass is 734 g/mol. The standard InChI is InChI=1S/C54H58N2/c1-7-8-9-17-38(4)55-52-22-15-13-20-47(52)49-35-48(37(3)33-53(49)55)40-25-29-42(30-26-40)56(41-27-23-39(24-28-41)44-18-11-10-16-36(44)2)43-31-32-46-45-19-12-14-21-50(45)54(5,6)51(46)34-43/h8-15,17-29,32,34,36-37,42-43,48H,7,16,30-31,33,35H2,1-6H3/b9-8-,38-17+. The fourth-order valence-corrected chi connectivity index (χ4v) is 10.7. The van der Waals surface area contributed by atoms with E-state index in [1.807, 2.05) is 0 Å². The third-order valence-electron chi connectivity index (χ3n) is 13.7. The van der Waals surface area contributed by atoms with E-state index < -0.39 is 0 Å². The molecule has 1 aromatic heterocycles. The maximum absolute atomic E-state index is 2.74. The van der Waals surface area contributed by atoms with Crippen molar-refractivity contribution in [3.8, 4) is 0 Å². The van der Waals surface area contributed by atoms with E-state index in [-0.39, 0.29) is 17.5 Å². The Bertz CT molecular complexity index is 2410. The highest BCUT2D eigenvalue weighted by Gasteiger charge is 2.41. The van der Waals surface area contributed by atoms with Crippen LogP contribution in [0.4, 0.5) is 5.69 Å². The minimum absolute atomic E-state index is 0.0111. The van der Waals surface area contributed by atoms with Gasteiger partial charge in [0.1, 0.15) is 0 Å². The zero-order chi connectivity index (χ0) is 38.6. The van der Waals surface area contributed by atoms with Crippen LogP contribution in [0.5, 0.6) is 0 Å². The molecule has 2 nitrogen and oxygen atoms in total. The van der Waals surface area contributed by atoms with Gasteiger partial charge in [-0.2, -0.15) is 0 Å². The lowest BCUT2D eigenvalue weighted by molar-refractivity contribution is 0.380. The van der Waals surface area contributed by atoms with Crippen molar-refractivity contribution in [2.75, 3.05) is 4.90 Å². The van der Waals surface area contributed by atoms with E-state index in [1.54, 1.807) is 5.56 Å². The third kappa shape index (κ3) is 6.26. The molecular weight excluding hydrogens is 677 g/mol. The zero-order valence-electron chi connectivity index (χ0n) is 34.3. The molecule has 0 spiro atoms. The first-order valence-electron chi connectivity index (χ1n) is 21.4. The highest BCUT2D eigenvalue weighted by Crippen LogP contribution is 2.52. The molecule has 284 valence electrons. The second-order valence-electron chi connectivity index (χ2n) is 17.6. The molecule has 56 heavy (non-hydrogen) atoms. The molecule has 5 unspecified atom stereocenters. The van der Waals surface area contributed by atoms with Gasteiger partial charge in [-0.25, -0.2) is 0 Å². The lowest BCUT2D eigenvalue weighted by Crippen LogP contribution is -2.43. The van der Waals surface area contributed by atoms with Crippen LogP contribution in [0.1, 0.15) is 95.2 Å². The van der Waals surface area contributed by atoms with Crippen LogP contribution in [0, 0.1) is 17.8 Å². The number of fused-ring (bicyclic) bond motifs is 6. The number of allylic oxidation sites excluding steroid dienone is 12. The molecular formula is C54H58N2. The van der Waals surface area contributed by atoms with Gasteiger partial charge in [-0.3, -0.25) is 0 Å². The van der Waals surface area contributed by atoms with Gasteiger partial charge in [0.15, 0.2) is 0 Å². The van der Waals surface area contributed by atoms with Gasteiger partial charge in [-0.15, -0.1) is 0 Å². The van der Waals surface area contributed by atoms with Gasteiger partial charge in [0.2, 0.25) is 0 Å². The predicted octanol–water partition coefficient (Wildman–Crippen LogP) is 13.6. The van der Waals surface area contributed by atoms with Gasteiger partial charge in [0, 0.05) is 27.9 Å². The Balaban J connectivity index is 1.03. The van der Waals surface area contributed by atoms with E-state index in [2.05, 4.69) is 191 Å². The molecule has 5 aliphatic rings. The van der Waals surface area contributed by atoms with Crippen molar-refractivity contribution < 1.29 is 0 Å². The highest BCUT2D eigenvalue weighted by molar-refractivity contribution is 5.91. The number of aromatic nitrogens is 1. The van der Waals surface area contributed by atoms with Crippen molar-refractivity contribution in [1.29, 1.82) is 0 Å². The summed E-state index contributed by atoms with van der Waals surface area (Å²) in [6, 6.07) is 28.2. The van der Waals surface area contributed by atoms with Gasteiger partial charge in [-0.05, 0) is 132 Å². The van der Waals surface area contributed by atoms with Crippen molar-refractivity contribution in [2.45, 2.75) is 97.6 Å². The molecule has 3 aromatic carbocycles. The molecule has 0 amide bonds. The maximum Gasteiger partial charge on any atom is 0.0530 e. The van der Waals surface area contributed by atoms with Gasteiger partial charge < -0.3 is 9.47 Å². The lowest BCUT2D eigenvalue weighted by Gasteiger charge is -2.41. The summed E-state index contributed by atoms with van der Waals surface area (Å²) in [6.45, 7) is 14.1. The second-order valence-corrected chi connectivity index (χ2v) is 17.6. The van der Waals surface area contributed by atoms with Crippen molar-refractivity contribution in [1.82, 2.24) is 4.57 Å². The van der Waals surface area contributed by atoms with Crippen molar-refractivity contribution in [2.24, 2.45) is 17.8 Å². The summed E-state index contributed by atoms with van der Waals surface area (Å²) in [5.74, 6) is 1.61. The average molecular weight is 735 g/mol. The van der Waals surface area contributed by atoms with Gasteiger partial charge in [0.25, 0.3) is 0 Å². The first-order chi connectivity index (χ1) is 27.2. The van der Waals surface area contributed by atoms with Crippen LogP contribution in [0.2, 0.25) is 0 Å². The highest BCUT2D eigenvalue weighted by atomic mass is 15.2. The van der Waals surface area contributed by atoms with Crippen molar-refractivity contribution in [3.05, 3.63) is 179 Å². The van der Waals surface area contributed by atoms with E-state index >= 15 is 0 Å². The van der Waals surface area contributed by atoms with Gasteiger partial charge in [-0.1, -0.05) is 150 Å². The fraction of sp³-hybridized carbons (Fsp3) is 0.333. The molecule has 0 radical (unpaired) electrons. The zero-order valence-corrected chi connectivity index (χ0v) is 34.3. The third-order valence-corrected chi connectivity index (χ3v) is 13.7. The van der Waals surface area contributed by atoms with E-state index in [0.29, 0.717) is 17.8 Å². The Kier molecular flexibility index (Phi) is 9.64. The van der Waals surface area contributed by atoms with E-state index in [1.165, 1.54) is 67.0 Å². The molecule has 0 N–H and O–H groups in total. The molecule has 0 fully saturated rings. The van der Waals surface area contributed by atoms with Crippen LogP contribution in [0.25, 0.3) is 27.7 Å². The van der Waals surface area contributed by atoms with Crippen LogP contribution in [-0.4, -0.2) is 16.7 Å². The quantitative estimate of drug-likeness (QED) is 0.164. The average Bonchev–Trinajstić information content (AvgIpc) is 3.66. The summed E-state index contributed by atoms with van der Waals surface area (Å²) < 4.78 is 2.55. The first-order valence-corrected chi connectivity index (χ1v) is 21.4. The molecule has 9 rings (SSSR count). The summed E-state index contributed by atoms with van der Waals surface area (Å²) >= 11 is 0. The number of hydrogen-bond acceptors (Lipinski definition) is 1. The normalized spacial score (nSPS) is 25.3. The molecule has 1 heterocycles. The molecule has 5 atom stereocenters. The molecule has 2 heteroatoms. The van der Waals surface area contributed by atoms with Crippen molar-refractivity contribution >= 4 is 33.4 Å². The maximum atomic E-state index is 2.74. The van der Waals surface area contributed by atoms with Gasteiger partial charge >= 0.3 is 0 Å². The fourth-order valence-electron chi connectivity index (χ4n) is 10.7. The number of benzene rings is 3. The Morgan fingerprint density at radius 3 is 2.46 bits per heavy atom. The Labute approximate surface area is 335 Å².